The number of carbonyl (C=O) groups is 1. The fraction of sp³-hybridized carbons (Fsp3) is 0.167. The highest BCUT2D eigenvalue weighted by atomic mass is 35.5. The second-order valence-electron chi connectivity index (χ2n) is 5.47. The van der Waals surface area contributed by atoms with E-state index in [0.717, 1.165) is 5.56 Å². The Balaban J connectivity index is 1.69. The maximum Gasteiger partial charge on any atom is 0.251 e. The van der Waals surface area contributed by atoms with Gasteiger partial charge in [-0.25, -0.2) is 4.98 Å². The van der Waals surface area contributed by atoms with Crippen LogP contribution in [0.3, 0.4) is 0 Å². The van der Waals surface area contributed by atoms with E-state index >= 15 is 0 Å². The predicted octanol–water partition coefficient (Wildman–Crippen LogP) is 3.62. The molecular weight excluding hydrogens is 340 g/mol. The van der Waals surface area contributed by atoms with Gasteiger partial charge >= 0.3 is 0 Å². The summed E-state index contributed by atoms with van der Waals surface area (Å²) in [5, 5.41) is 10.6. The number of benzene rings is 2. The number of H-pyrrole nitrogens is 1. The molecule has 0 saturated heterocycles. The molecule has 0 aliphatic rings. The second kappa shape index (κ2) is 7.36. The maximum absolute atomic E-state index is 12.3. The topological polar surface area (TPSA) is 79.9 Å². The molecule has 0 bridgehead atoms. The second-order valence-corrected chi connectivity index (χ2v) is 5.91. The van der Waals surface area contributed by atoms with E-state index < -0.39 is 0 Å². The number of aromatic nitrogens is 3. The number of nitrogens with one attached hydrogen (secondary N) is 2. The Bertz CT molecular complexity index is 860. The molecule has 0 saturated carbocycles. The first kappa shape index (κ1) is 17.0. The van der Waals surface area contributed by atoms with Gasteiger partial charge in [0.1, 0.15) is 11.6 Å². The van der Waals surface area contributed by atoms with Crippen LogP contribution in [-0.4, -0.2) is 28.2 Å². The molecule has 2 N–H and O–H groups in total. The third-order valence-electron chi connectivity index (χ3n) is 3.72. The lowest BCUT2D eigenvalue weighted by Gasteiger charge is -2.11. The first-order chi connectivity index (χ1) is 12.1. The zero-order valence-corrected chi connectivity index (χ0v) is 14.5. The Hall–Kier alpha value is -2.86. The van der Waals surface area contributed by atoms with Crippen molar-refractivity contribution in [3.63, 3.8) is 0 Å². The Morgan fingerprint density at radius 3 is 2.48 bits per heavy atom. The number of methoxy groups -OCH3 is 1. The van der Waals surface area contributed by atoms with Gasteiger partial charge in [0.2, 0.25) is 0 Å². The van der Waals surface area contributed by atoms with E-state index in [1.165, 1.54) is 0 Å². The van der Waals surface area contributed by atoms with Gasteiger partial charge in [-0.1, -0.05) is 11.6 Å². The number of amides is 1. The molecule has 0 radical (unpaired) electrons. The summed E-state index contributed by atoms with van der Waals surface area (Å²) in [5.41, 5.74) is 1.39. The van der Waals surface area contributed by atoms with Crippen molar-refractivity contribution in [2.45, 2.75) is 13.0 Å². The van der Waals surface area contributed by atoms with E-state index in [1.807, 2.05) is 19.1 Å². The third-order valence-corrected chi connectivity index (χ3v) is 3.97. The Morgan fingerprint density at radius 2 is 1.84 bits per heavy atom. The molecule has 0 unspecified atom stereocenters. The molecule has 1 aromatic heterocycles. The van der Waals surface area contributed by atoms with Gasteiger partial charge in [-0.05, 0) is 55.5 Å². The van der Waals surface area contributed by atoms with E-state index in [2.05, 4.69) is 20.5 Å². The molecule has 0 fully saturated rings. The van der Waals surface area contributed by atoms with Crippen molar-refractivity contribution in [1.29, 1.82) is 0 Å². The number of hydrogen-bond acceptors (Lipinski definition) is 4. The number of carbonyl (C=O) groups excluding carboxylic acids is 1. The smallest absolute Gasteiger partial charge is 0.251 e. The van der Waals surface area contributed by atoms with Crippen LogP contribution in [-0.2, 0) is 0 Å². The van der Waals surface area contributed by atoms with Crippen LogP contribution in [0.25, 0.3) is 11.4 Å². The normalized spacial score (nSPS) is 11.8. The van der Waals surface area contributed by atoms with E-state index in [-0.39, 0.29) is 11.9 Å². The van der Waals surface area contributed by atoms with Crippen molar-refractivity contribution >= 4 is 17.5 Å². The van der Waals surface area contributed by atoms with Crippen LogP contribution in [0.15, 0.2) is 48.5 Å². The average molecular weight is 357 g/mol. The number of nitrogens with zero attached hydrogens (tertiary/aromatic N) is 2. The summed E-state index contributed by atoms with van der Waals surface area (Å²) in [6.45, 7) is 1.84. The highest BCUT2D eigenvalue weighted by Crippen LogP contribution is 2.19. The fourth-order valence-electron chi connectivity index (χ4n) is 2.29. The summed E-state index contributed by atoms with van der Waals surface area (Å²) in [6, 6.07) is 13.8. The molecule has 1 heterocycles. The number of rotatable bonds is 5. The molecule has 1 amide bonds. The molecule has 3 rings (SSSR count). The molecular formula is C18H17ClN4O2. The zero-order valence-electron chi connectivity index (χ0n) is 13.8. The summed E-state index contributed by atoms with van der Waals surface area (Å²) in [6.07, 6.45) is 0. The molecule has 128 valence electrons. The largest absolute Gasteiger partial charge is 0.497 e. The summed E-state index contributed by atoms with van der Waals surface area (Å²) in [5.74, 6) is 1.64. The van der Waals surface area contributed by atoms with Crippen molar-refractivity contribution in [2.24, 2.45) is 0 Å². The summed E-state index contributed by atoms with van der Waals surface area (Å²) in [7, 11) is 1.58. The zero-order chi connectivity index (χ0) is 17.8. The highest BCUT2D eigenvalue weighted by Gasteiger charge is 2.16. The van der Waals surface area contributed by atoms with Gasteiger partial charge in [0, 0.05) is 16.1 Å². The van der Waals surface area contributed by atoms with Gasteiger partial charge in [0.15, 0.2) is 5.82 Å². The molecule has 25 heavy (non-hydrogen) atoms. The van der Waals surface area contributed by atoms with E-state index in [0.29, 0.717) is 28.0 Å². The number of ether oxygens (including phenoxy) is 1. The van der Waals surface area contributed by atoms with Gasteiger partial charge in [0.25, 0.3) is 5.91 Å². The third kappa shape index (κ3) is 3.97. The minimum absolute atomic E-state index is 0.195. The Morgan fingerprint density at radius 1 is 1.16 bits per heavy atom. The Labute approximate surface area is 150 Å². The van der Waals surface area contributed by atoms with Crippen LogP contribution in [0.2, 0.25) is 5.02 Å². The van der Waals surface area contributed by atoms with Crippen LogP contribution in [0.5, 0.6) is 5.75 Å². The summed E-state index contributed by atoms with van der Waals surface area (Å²) in [4.78, 5) is 16.8. The van der Waals surface area contributed by atoms with E-state index in [9.17, 15) is 4.79 Å². The molecule has 0 spiro atoms. The molecule has 6 nitrogen and oxygen atoms in total. The lowest BCUT2D eigenvalue weighted by atomic mass is 10.2. The predicted molar refractivity (Wildman–Crippen MR) is 95.7 cm³/mol. The van der Waals surface area contributed by atoms with Gasteiger partial charge < -0.3 is 10.1 Å². The first-order valence-electron chi connectivity index (χ1n) is 7.70. The van der Waals surface area contributed by atoms with E-state index in [4.69, 9.17) is 16.3 Å². The molecule has 0 aliphatic carbocycles. The van der Waals surface area contributed by atoms with Crippen molar-refractivity contribution in [2.75, 3.05) is 7.11 Å². The van der Waals surface area contributed by atoms with Crippen LogP contribution in [0.1, 0.15) is 29.1 Å². The number of hydrogen-bond donors (Lipinski definition) is 2. The monoisotopic (exact) mass is 356 g/mol. The van der Waals surface area contributed by atoms with Crippen LogP contribution in [0, 0.1) is 0 Å². The van der Waals surface area contributed by atoms with Gasteiger partial charge in [-0.2, -0.15) is 5.10 Å². The lowest BCUT2D eigenvalue weighted by Crippen LogP contribution is -2.27. The van der Waals surface area contributed by atoms with Crippen LogP contribution < -0.4 is 10.1 Å². The fourth-order valence-corrected chi connectivity index (χ4v) is 2.41. The van der Waals surface area contributed by atoms with Crippen LogP contribution in [0.4, 0.5) is 0 Å². The summed E-state index contributed by atoms with van der Waals surface area (Å²) >= 11 is 5.89. The van der Waals surface area contributed by atoms with Crippen molar-refractivity contribution in [3.05, 3.63) is 64.9 Å². The van der Waals surface area contributed by atoms with Crippen molar-refractivity contribution in [1.82, 2.24) is 20.5 Å². The minimum atomic E-state index is -0.317. The van der Waals surface area contributed by atoms with Gasteiger partial charge in [-0.3, -0.25) is 9.89 Å². The molecule has 2 aromatic carbocycles. The van der Waals surface area contributed by atoms with Crippen molar-refractivity contribution in [3.8, 4) is 17.1 Å². The summed E-state index contributed by atoms with van der Waals surface area (Å²) < 4.78 is 5.09. The quantitative estimate of drug-likeness (QED) is 0.731. The van der Waals surface area contributed by atoms with Gasteiger partial charge in [-0.15, -0.1) is 0 Å². The molecule has 1 atom stereocenters. The number of aromatic amines is 1. The number of halogens is 1. The van der Waals surface area contributed by atoms with E-state index in [1.54, 1.807) is 43.5 Å². The highest BCUT2D eigenvalue weighted by molar-refractivity contribution is 6.30. The van der Waals surface area contributed by atoms with Crippen molar-refractivity contribution < 1.29 is 9.53 Å². The standard InChI is InChI=1S/C18H17ClN4O2/c1-11(20-18(24)13-5-9-15(25-2)10-6-13)16-21-17(23-22-16)12-3-7-14(19)8-4-12/h3-11H,1-2H3,(H,20,24)(H,21,22,23)/t11-/m1/s1. The van der Waals surface area contributed by atoms with Crippen LogP contribution >= 0.6 is 11.6 Å². The first-order valence-corrected chi connectivity index (χ1v) is 8.08. The SMILES string of the molecule is COc1ccc(C(=O)N[C@H](C)c2nc(-c3ccc(Cl)cc3)n[nH]2)cc1. The maximum atomic E-state index is 12.3. The Kier molecular flexibility index (Phi) is 5.00. The van der Waals surface area contributed by atoms with Gasteiger partial charge in [0.05, 0.1) is 13.2 Å². The average Bonchev–Trinajstić information content (AvgIpc) is 3.12. The lowest BCUT2D eigenvalue weighted by molar-refractivity contribution is 0.0938. The molecule has 0 aliphatic heterocycles. The minimum Gasteiger partial charge on any atom is -0.497 e. The molecule has 7 heteroatoms. The molecule has 3 aromatic rings.